The van der Waals surface area contributed by atoms with E-state index in [-0.39, 0.29) is 36.3 Å². The minimum Gasteiger partial charge on any atom is -0.393 e. The maximum absolute atomic E-state index is 10.8. The molecule has 4 heteroatoms. The largest absolute Gasteiger partial charge is 0.393 e. The Morgan fingerprint density at radius 1 is 0.547 bits per heavy atom. The van der Waals surface area contributed by atoms with E-state index in [1.165, 1.54) is 77.0 Å². The Balaban J connectivity index is 0.000000191. The van der Waals surface area contributed by atoms with E-state index in [4.69, 9.17) is 0 Å². The van der Waals surface area contributed by atoms with E-state index in [1.54, 1.807) is 0 Å². The third-order valence-corrected chi connectivity index (χ3v) is 23.9. The van der Waals surface area contributed by atoms with Gasteiger partial charge in [-0.15, -0.1) is 0 Å². The first kappa shape index (κ1) is 50.7. The third-order valence-electron chi connectivity index (χ3n) is 23.9. The Morgan fingerprint density at radius 3 is 1.25 bits per heavy atom. The molecule has 6 saturated carbocycles. The molecule has 8 rings (SSSR count). The van der Waals surface area contributed by atoms with Gasteiger partial charge in [-0.1, -0.05) is 130 Å². The number of rotatable bonds is 10. The zero-order valence-electron chi connectivity index (χ0n) is 44.0. The molecule has 64 heavy (non-hydrogen) atoms. The van der Waals surface area contributed by atoms with Crippen molar-refractivity contribution in [1.82, 2.24) is 0 Å². The van der Waals surface area contributed by atoms with Gasteiger partial charge in [-0.3, -0.25) is 0 Å². The van der Waals surface area contributed by atoms with Gasteiger partial charge in [0.05, 0.1) is 25.4 Å². The van der Waals surface area contributed by atoms with Gasteiger partial charge in [0.15, 0.2) is 0 Å². The van der Waals surface area contributed by atoms with Crippen LogP contribution in [0.4, 0.5) is 0 Å². The van der Waals surface area contributed by atoms with E-state index >= 15 is 0 Å². The van der Waals surface area contributed by atoms with Gasteiger partial charge in [-0.2, -0.15) is 0 Å². The van der Waals surface area contributed by atoms with Crippen LogP contribution >= 0.6 is 0 Å². The fourth-order valence-corrected chi connectivity index (χ4v) is 19.0. The van der Waals surface area contributed by atoms with Crippen molar-refractivity contribution in [2.24, 2.45) is 90.7 Å². The molecule has 8 aliphatic carbocycles. The normalized spacial score (nSPS) is 46.7. The number of aliphatic hydroxyl groups is 4. The predicted molar refractivity (Wildman–Crippen MR) is 268 cm³/mol. The van der Waals surface area contributed by atoms with Crippen LogP contribution in [0.15, 0.2) is 46.6 Å². The Kier molecular flexibility index (Phi) is 14.2. The average molecular weight is 885 g/mol. The van der Waals surface area contributed by atoms with E-state index in [0.29, 0.717) is 56.2 Å². The zero-order valence-corrected chi connectivity index (χ0v) is 44.0. The summed E-state index contributed by atoms with van der Waals surface area (Å²) in [7, 11) is 0. The Bertz CT molecular complexity index is 1690. The second-order valence-electron chi connectivity index (χ2n) is 27.2. The second-order valence-corrected chi connectivity index (χ2v) is 27.2. The highest BCUT2D eigenvalue weighted by Crippen LogP contribution is 2.75. The highest BCUT2D eigenvalue weighted by molar-refractivity contribution is 5.35. The number of hydrogen-bond acceptors (Lipinski definition) is 4. The van der Waals surface area contributed by atoms with Crippen molar-refractivity contribution in [3.63, 3.8) is 0 Å². The van der Waals surface area contributed by atoms with E-state index in [1.807, 2.05) is 25.0 Å². The highest BCUT2D eigenvalue weighted by Gasteiger charge is 2.67. The van der Waals surface area contributed by atoms with Crippen LogP contribution in [0.2, 0.25) is 0 Å². The molecule has 0 bridgehead atoms. The monoisotopic (exact) mass is 885 g/mol. The summed E-state index contributed by atoms with van der Waals surface area (Å²) in [4.78, 5) is 0. The molecule has 0 saturated heterocycles. The van der Waals surface area contributed by atoms with E-state index in [9.17, 15) is 20.4 Å². The standard InChI is InChI=1S/2C30H50O2/c2*1-20(19-31)9-8-10-21(2)22-13-17-30(7)24-11-12-25-27(3,4)26(32)15-16-28(25,5)23(24)14-18-29(22,30)6/h2*9,11,21-23,25-26,31-32H,8,10,12-19H2,1-7H3/b2*20-9-/t21?,22-,23?,25?,26+,28+,29-,30+;21?,22-,23?,25?,26-,28+,29-,30+/m00/s1. The molecule has 0 radical (unpaired) electrons. The first-order valence-electron chi connectivity index (χ1n) is 27.1. The summed E-state index contributed by atoms with van der Waals surface area (Å²) >= 11 is 0. The maximum Gasteiger partial charge on any atom is 0.0639 e. The molecular weight excluding hydrogens is 785 g/mol. The molecule has 0 aromatic carbocycles. The third kappa shape index (κ3) is 7.81. The van der Waals surface area contributed by atoms with Crippen molar-refractivity contribution >= 4 is 0 Å². The highest BCUT2D eigenvalue weighted by atomic mass is 16.3. The van der Waals surface area contributed by atoms with E-state index in [0.717, 1.165) is 73.3 Å². The van der Waals surface area contributed by atoms with Crippen LogP contribution in [0.1, 0.15) is 213 Å². The van der Waals surface area contributed by atoms with Crippen LogP contribution in [0, 0.1) is 90.7 Å². The summed E-state index contributed by atoms with van der Waals surface area (Å²) in [6.07, 6.45) is 31.6. The quantitative estimate of drug-likeness (QED) is 0.165. The lowest BCUT2D eigenvalue weighted by Crippen LogP contribution is -2.58. The lowest BCUT2D eigenvalue weighted by atomic mass is 9.41. The van der Waals surface area contributed by atoms with Gasteiger partial charge in [0.25, 0.3) is 0 Å². The van der Waals surface area contributed by atoms with Crippen LogP contribution < -0.4 is 0 Å². The fourth-order valence-electron chi connectivity index (χ4n) is 19.0. The van der Waals surface area contributed by atoms with Gasteiger partial charge in [0, 0.05) is 0 Å². The summed E-state index contributed by atoms with van der Waals surface area (Å²) in [5, 5.41) is 40.2. The van der Waals surface area contributed by atoms with Crippen molar-refractivity contribution < 1.29 is 20.4 Å². The summed E-state index contributed by atoms with van der Waals surface area (Å²) in [6, 6.07) is 0. The minimum absolute atomic E-state index is 0.0175. The lowest BCUT2D eigenvalue weighted by molar-refractivity contribution is -0.131. The number of allylic oxidation sites excluding steroid dienone is 6. The molecule has 8 aliphatic rings. The lowest BCUT2D eigenvalue weighted by Gasteiger charge is -2.64. The van der Waals surface area contributed by atoms with Crippen LogP contribution in [-0.4, -0.2) is 45.8 Å². The molecule has 364 valence electrons. The van der Waals surface area contributed by atoms with Gasteiger partial charge in [0.1, 0.15) is 0 Å². The molecule has 4 N–H and O–H groups in total. The first-order valence-corrected chi connectivity index (χ1v) is 27.1. The summed E-state index contributed by atoms with van der Waals surface area (Å²) in [5.74, 6) is 5.66. The molecular formula is C60H100O4. The Hall–Kier alpha value is -1.20. The van der Waals surface area contributed by atoms with Crippen molar-refractivity contribution in [2.45, 2.75) is 225 Å². The second kappa shape index (κ2) is 18.0. The summed E-state index contributed by atoms with van der Waals surface area (Å²) < 4.78 is 0. The Morgan fingerprint density at radius 2 is 0.906 bits per heavy atom. The molecule has 0 amide bonds. The fraction of sp³-hybridized carbons (Fsp3) is 0.867. The molecule has 0 aliphatic heterocycles. The van der Waals surface area contributed by atoms with Gasteiger partial charge in [-0.25, -0.2) is 0 Å². The first-order chi connectivity index (χ1) is 29.8. The average Bonchev–Trinajstić information content (AvgIpc) is 3.70. The number of hydrogen-bond donors (Lipinski definition) is 4. The van der Waals surface area contributed by atoms with Crippen LogP contribution in [0.25, 0.3) is 0 Å². The van der Waals surface area contributed by atoms with Crippen molar-refractivity contribution in [1.29, 1.82) is 0 Å². The molecule has 0 spiro atoms. The minimum atomic E-state index is -0.153. The topological polar surface area (TPSA) is 80.9 Å². The molecule has 0 heterocycles. The summed E-state index contributed by atoms with van der Waals surface area (Å²) in [6.45, 7) is 34.4. The van der Waals surface area contributed by atoms with Gasteiger partial charge < -0.3 is 20.4 Å². The maximum atomic E-state index is 10.8. The number of fused-ring (bicyclic) bond motifs is 10. The van der Waals surface area contributed by atoms with Gasteiger partial charge >= 0.3 is 0 Å². The van der Waals surface area contributed by atoms with Crippen LogP contribution in [0.3, 0.4) is 0 Å². The SMILES string of the molecule is C/C(=C/CCC(C)[C@@H]1CC[C@]2(C)C3=CCC4C(C)(C)[C@@H](O)CC[C@]4(C)C3CC[C@@]12C)CO.C/C(=C/CCC(C)[C@@H]1CC[C@]2(C)C3=CCC4C(C)(C)[C@H](O)CC[C@]4(C)C3CC[C@@]12C)CO. The van der Waals surface area contributed by atoms with Crippen LogP contribution in [-0.2, 0) is 0 Å². The zero-order chi connectivity index (χ0) is 47.1. The summed E-state index contributed by atoms with van der Waals surface area (Å²) in [5.41, 5.74) is 8.01. The van der Waals surface area contributed by atoms with Crippen molar-refractivity contribution in [2.75, 3.05) is 13.2 Å². The van der Waals surface area contributed by atoms with E-state index in [2.05, 4.69) is 107 Å². The van der Waals surface area contributed by atoms with E-state index < -0.39 is 0 Å². The molecule has 0 aromatic rings. The van der Waals surface area contributed by atoms with Crippen molar-refractivity contribution in [3.8, 4) is 0 Å². The van der Waals surface area contributed by atoms with Crippen LogP contribution in [0.5, 0.6) is 0 Å². The predicted octanol–water partition coefficient (Wildman–Crippen LogP) is 14.6. The molecule has 6 unspecified atom stereocenters. The molecule has 6 fully saturated rings. The molecule has 4 nitrogen and oxygen atoms in total. The Labute approximate surface area is 394 Å². The smallest absolute Gasteiger partial charge is 0.0639 e. The molecule has 0 aromatic heterocycles. The van der Waals surface area contributed by atoms with Crippen molar-refractivity contribution in [3.05, 3.63) is 46.6 Å². The molecule has 16 atom stereocenters. The van der Waals surface area contributed by atoms with Gasteiger partial charge in [0.2, 0.25) is 0 Å². The van der Waals surface area contributed by atoms with Gasteiger partial charge in [-0.05, 0) is 220 Å². The number of aliphatic hydroxyl groups excluding tert-OH is 4.